The summed E-state index contributed by atoms with van der Waals surface area (Å²) in [6, 6.07) is 13.9. The molecule has 0 nitrogen and oxygen atoms in total. The lowest BCUT2D eigenvalue weighted by atomic mass is 9.86. The maximum atomic E-state index is 6.53. The van der Waals surface area contributed by atoms with Crippen LogP contribution in [0.2, 0.25) is 10.0 Å². The van der Waals surface area contributed by atoms with Crippen molar-refractivity contribution in [3.05, 3.63) is 69.2 Å². The highest BCUT2D eigenvalue weighted by molar-refractivity contribution is 6.43. The number of halogens is 3. The fourth-order valence-electron chi connectivity index (χ4n) is 2.05. The Hall–Kier alpha value is -0.690. The Morgan fingerprint density at radius 1 is 0.900 bits per heavy atom. The molecule has 2 aromatic rings. The maximum absolute atomic E-state index is 6.53. The normalized spacial score (nSPS) is 13.3. The SMILES string of the molecule is CC(C)(C)c1ccc(C(Cl)c2cccc(Cl)c2Cl)cc1. The highest BCUT2D eigenvalue weighted by atomic mass is 35.5. The number of benzene rings is 2. The van der Waals surface area contributed by atoms with Crippen molar-refractivity contribution in [1.29, 1.82) is 0 Å². The van der Waals surface area contributed by atoms with E-state index in [9.17, 15) is 0 Å². The van der Waals surface area contributed by atoms with Crippen molar-refractivity contribution in [2.24, 2.45) is 0 Å². The van der Waals surface area contributed by atoms with Crippen LogP contribution in [0.3, 0.4) is 0 Å². The van der Waals surface area contributed by atoms with Crippen molar-refractivity contribution in [2.45, 2.75) is 31.6 Å². The summed E-state index contributed by atoms with van der Waals surface area (Å²) >= 11 is 18.8. The summed E-state index contributed by atoms with van der Waals surface area (Å²) in [6.07, 6.45) is 0. The van der Waals surface area contributed by atoms with Crippen LogP contribution in [0.4, 0.5) is 0 Å². The molecule has 2 aromatic carbocycles. The molecule has 1 unspecified atom stereocenters. The molecule has 3 heteroatoms. The van der Waals surface area contributed by atoms with E-state index >= 15 is 0 Å². The van der Waals surface area contributed by atoms with Crippen LogP contribution < -0.4 is 0 Å². The van der Waals surface area contributed by atoms with Crippen molar-refractivity contribution in [3.8, 4) is 0 Å². The van der Waals surface area contributed by atoms with E-state index in [4.69, 9.17) is 34.8 Å². The number of alkyl halides is 1. The van der Waals surface area contributed by atoms with Gasteiger partial charge in [-0.15, -0.1) is 11.6 Å². The van der Waals surface area contributed by atoms with Gasteiger partial charge in [0.2, 0.25) is 0 Å². The summed E-state index contributed by atoms with van der Waals surface area (Å²) in [7, 11) is 0. The van der Waals surface area contributed by atoms with Gasteiger partial charge in [-0.2, -0.15) is 0 Å². The number of hydrogen-bond donors (Lipinski definition) is 0. The smallest absolute Gasteiger partial charge is 0.0850 e. The molecule has 0 fully saturated rings. The van der Waals surface area contributed by atoms with Gasteiger partial charge in [0.1, 0.15) is 0 Å². The number of rotatable bonds is 2. The molecule has 0 saturated heterocycles. The molecule has 1 atom stereocenters. The Bertz CT molecular complexity index is 595. The minimum Gasteiger partial charge on any atom is -0.113 e. The first kappa shape index (κ1) is 15.7. The van der Waals surface area contributed by atoms with Gasteiger partial charge in [-0.3, -0.25) is 0 Å². The molecule has 0 aliphatic rings. The summed E-state index contributed by atoms with van der Waals surface area (Å²) in [4.78, 5) is 0. The fourth-order valence-corrected chi connectivity index (χ4v) is 2.85. The van der Waals surface area contributed by atoms with Crippen molar-refractivity contribution in [3.63, 3.8) is 0 Å². The van der Waals surface area contributed by atoms with Crippen LogP contribution in [0, 0.1) is 0 Å². The molecule has 20 heavy (non-hydrogen) atoms. The van der Waals surface area contributed by atoms with Gasteiger partial charge >= 0.3 is 0 Å². The second-order valence-electron chi connectivity index (χ2n) is 5.88. The topological polar surface area (TPSA) is 0 Å². The van der Waals surface area contributed by atoms with Crippen LogP contribution in [0.5, 0.6) is 0 Å². The molecule has 0 saturated carbocycles. The summed E-state index contributed by atoms with van der Waals surface area (Å²) in [5.74, 6) is 0. The van der Waals surface area contributed by atoms with E-state index in [1.54, 1.807) is 6.07 Å². The van der Waals surface area contributed by atoms with Crippen molar-refractivity contribution >= 4 is 34.8 Å². The van der Waals surface area contributed by atoms with Gasteiger partial charge in [0.05, 0.1) is 15.4 Å². The van der Waals surface area contributed by atoms with Crippen LogP contribution in [0.1, 0.15) is 42.8 Å². The highest BCUT2D eigenvalue weighted by Crippen LogP contribution is 2.37. The van der Waals surface area contributed by atoms with Crippen molar-refractivity contribution in [2.75, 3.05) is 0 Å². The lowest BCUT2D eigenvalue weighted by Gasteiger charge is -2.20. The molecule has 2 rings (SSSR count). The van der Waals surface area contributed by atoms with Crippen LogP contribution in [-0.2, 0) is 5.41 Å². The average Bonchev–Trinajstić information content (AvgIpc) is 2.40. The van der Waals surface area contributed by atoms with Crippen LogP contribution in [-0.4, -0.2) is 0 Å². The Morgan fingerprint density at radius 2 is 1.50 bits per heavy atom. The third kappa shape index (κ3) is 3.31. The maximum Gasteiger partial charge on any atom is 0.0850 e. The Balaban J connectivity index is 2.34. The molecular formula is C17H17Cl3. The molecule has 106 valence electrons. The van der Waals surface area contributed by atoms with Crippen molar-refractivity contribution < 1.29 is 0 Å². The molecule has 0 aliphatic carbocycles. The van der Waals surface area contributed by atoms with Gasteiger partial charge in [0.25, 0.3) is 0 Å². The Morgan fingerprint density at radius 3 is 2.05 bits per heavy atom. The Kier molecular flexibility index (Phi) is 4.69. The summed E-state index contributed by atoms with van der Waals surface area (Å²) < 4.78 is 0. The minimum absolute atomic E-state index is 0.133. The molecule has 0 amide bonds. The standard InChI is InChI=1S/C17H17Cl3/c1-17(2,3)12-9-7-11(8-10-12)15(19)13-5-4-6-14(18)16(13)20/h4-10,15H,1-3H3. The predicted octanol–water partition coefficient (Wildman–Crippen LogP) is 6.62. The monoisotopic (exact) mass is 326 g/mol. The van der Waals surface area contributed by atoms with E-state index < -0.39 is 0 Å². The largest absolute Gasteiger partial charge is 0.113 e. The van der Waals surface area contributed by atoms with E-state index in [0.29, 0.717) is 10.0 Å². The Labute approximate surface area is 135 Å². The van der Waals surface area contributed by atoms with Gasteiger partial charge < -0.3 is 0 Å². The molecule has 0 N–H and O–H groups in total. The van der Waals surface area contributed by atoms with Crippen LogP contribution >= 0.6 is 34.8 Å². The van der Waals surface area contributed by atoms with E-state index in [-0.39, 0.29) is 10.8 Å². The van der Waals surface area contributed by atoms with E-state index in [0.717, 1.165) is 11.1 Å². The lowest BCUT2D eigenvalue weighted by molar-refractivity contribution is 0.590. The van der Waals surface area contributed by atoms with E-state index in [2.05, 4.69) is 45.0 Å². The van der Waals surface area contributed by atoms with Gasteiger partial charge in [-0.25, -0.2) is 0 Å². The molecule has 0 spiro atoms. The van der Waals surface area contributed by atoms with Gasteiger partial charge in [0, 0.05) is 0 Å². The first-order valence-corrected chi connectivity index (χ1v) is 7.68. The zero-order valence-electron chi connectivity index (χ0n) is 11.8. The molecule has 0 radical (unpaired) electrons. The first-order valence-electron chi connectivity index (χ1n) is 6.49. The first-order chi connectivity index (χ1) is 9.30. The molecule has 0 aliphatic heterocycles. The molecule has 0 aromatic heterocycles. The quantitative estimate of drug-likeness (QED) is 0.544. The molecule has 0 heterocycles. The zero-order valence-corrected chi connectivity index (χ0v) is 14.0. The fraction of sp³-hybridized carbons (Fsp3) is 0.294. The van der Waals surface area contributed by atoms with E-state index in [1.807, 2.05) is 12.1 Å². The van der Waals surface area contributed by atoms with Gasteiger partial charge in [0.15, 0.2) is 0 Å². The highest BCUT2D eigenvalue weighted by Gasteiger charge is 2.18. The van der Waals surface area contributed by atoms with Crippen LogP contribution in [0.25, 0.3) is 0 Å². The minimum atomic E-state index is -0.296. The van der Waals surface area contributed by atoms with Gasteiger partial charge in [-0.05, 0) is 28.2 Å². The number of hydrogen-bond acceptors (Lipinski definition) is 0. The third-order valence-electron chi connectivity index (χ3n) is 3.32. The molecule has 0 bridgehead atoms. The second-order valence-corrected chi connectivity index (χ2v) is 7.10. The van der Waals surface area contributed by atoms with E-state index in [1.165, 1.54) is 5.56 Å². The average molecular weight is 328 g/mol. The third-order valence-corrected chi connectivity index (χ3v) is 4.64. The predicted molar refractivity (Wildman–Crippen MR) is 89.3 cm³/mol. The zero-order chi connectivity index (χ0) is 14.9. The second kappa shape index (κ2) is 5.97. The molecular weight excluding hydrogens is 311 g/mol. The van der Waals surface area contributed by atoms with Crippen molar-refractivity contribution in [1.82, 2.24) is 0 Å². The summed E-state index contributed by atoms with van der Waals surface area (Å²) in [5.41, 5.74) is 3.27. The van der Waals surface area contributed by atoms with Crippen LogP contribution in [0.15, 0.2) is 42.5 Å². The lowest BCUT2D eigenvalue weighted by Crippen LogP contribution is -2.10. The van der Waals surface area contributed by atoms with Gasteiger partial charge in [-0.1, -0.05) is 80.4 Å². The summed E-state index contributed by atoms with van der Waals surface area (Å²) in [6.45, 7) is 6.57. The summed E-state index contributed by atoms with van der Waals surface area (Å²) in [5, 5.41) is 0.755.